The van der Waals surface area contributed by atoms with E-state index >= 15 is 0 Å². The Bertz CT molecular complexity index is 240. The van der Waals surface area contributed by atoms with Crippen LogP contribution in [0.1, 0.15) is 6.42 Å². The number of alkyl halides is 2. The maximum absolute atomic E-state index is 10.9. The molecule has 0 saturated carbocycles. The molecule has 0 fully saturated rings. The van der Waals surface area contributed by atoms with E-state index in [0.717, 1.165) is 0 Å². The molecule has 0 saturated heterocycles. The van der Waals surface area contributed by atoms with Gasteiger partial charge in [0, 0.05) is 0 Å². The molecule has 4 nitrogen and oxygen atoms in total. The first-order chi connectivity index (χ1) is 5.86. The molecule has 0 aliphatic heterocycles. The fourth-order valence-corrected chi connectivity index (χ4v) is 0.980. The van der Waals surface area contributed by atoms with Gasteiger partial charge in [-0.3, -0.25) is 14.4 Å². The van der Waals surface area contributed by atoms with E-state index in [2.05, 4.69) is 0 Å². The Morgan fingerprint density at radius 3 is 1.92 bits per heavy atom. The first-order valence-corrected chi connectivity index (χ1v) is 4.33. The molecule has 2 atom stereocenters. The second-order valence-corrected chi connectivity index (χ2v) is 3.50. The highest BCUT2D eigenvalue weighted by atomic mass is 35.5. The van der Waals surface area contributed by atoms with Crippen LogP contribution in [0.4, 0.5) is 0 Å². The van der Waals surface area contributed by atoms with Gasteiger partial charge in [0.25, 0.3) is 0 Å². The van der Waals surface area contributed by atoms with Crippen LogP contribution in [0.2, 0.25) is 0 Å². The van der Waals surface area contributed by atoms with Gasteiger partial charge in [0.2, 0.25) is 5.24 Å². The second-order valence-electron chi connectivity index (χ2n) is 2.14. The van der Waals surface area contributed by atoms with Gasteiger partial charge in [-0.15, -0.1) is 23.2 Å². The van der Waals surface area contributed by atoms with E-state index in [0.29, 0.717) is 0 Å². The van der Waals surface area contributed by atoms with Gasteiger partial charge >= 0.3 is 5.97 Å². The van der Waals surface area contributed by atoms with Crippen molar-refractivity contribution in [1.29, 1.82) is 0 Å². The average Bonchev–Trinajstić information content (AvgIpc) is 2.00. The van der Waals surface area contributed by atoms with E-state index in [1.165, 1.54) is 0 Å². The Morgan fingerprint density at radius 1 is 1.15 bits per heavy atom. The number of halogens is 3. The molecule has 0 spiro atoms. The van der Waals surface area contributed by atoms with Crippen LogP contribution in [0.25, 0.3) is 0 Å². The van der Waals surface area contributed by atoms with Crippen molar-refractivity contribution in [3.8, 4) is 0 Å². The highest BCUT2D eigenvalue weighted by molar-refractivity contribution is 6.65. The van der Waals surface area contributed by atoms with Gasteiger partial charge in [0.15, 0.2) is 11.2 Å². The minimum absolute atomic E-state index is 0.619. The zero-order valence-corrected chi connectivity index (χ0v) is 8.44. The number of hydrogen-bond acceptors (Lipinski definition) is 3. The first kappa shape index (κ1) is 12.7. The summed E-state index contributed by atoms with van der Waals surface area (Å²) in [6.45, 7) is 0. The van der Waals surface area contributed by atoms with Gasteiger partial charge in [0.1, 0.15) is 5.38 Å². The summed E-state index contributed by atoms with van der Waals surface area (Å²) in [5.41, 5.74) is 0. The van der Waals surface area contributed by atoms with Crippen LogP contribution in [0.3, 0.4) is 0 Å². The van der Waals surface area contributed by atoms with Gasteiger partial charge in [-0.25, -0.2) is 0 Å². The number of carbonyl (C=O) groups excluding carboxylic acids is 2. The number of carboxylic acids is 1. The summed E-state index contributed by atoms with van der Waals surface area (Å²) < 4.78 is 0. The van der Waals surface area contributed by atoms with E-state index in [1.54, 1.807) is 0 Å². The molecule has 7 heteroatoms. The molecule has 0 aliphatic carbocycles. The Balaban J connectivity index is 4.25. The number of ketones is 1. The lowest BCUT2D eigenvalue weighted by Crippen LogP contribution is -2.32. The maximum Gasteiger partial charge on any atom is 0.323 e. The third-order valence-electron chi connectivity index (χ3n) is 1.11. The van der Waals surface area contributed by atoms with Crippen LogP contribution in [0.5, 0.6) is 0 Å². The van der Waals surface area contributed by atoms with Crippen molar-refractivity contribution in [3.63, 3.8) is 0 Å². The molecule has 0 aliphatic rings. The van der Waals surface area contributed by atoms with Crippen molar-refractivity contribution in [1.82, 2.24) is 0 Å². The van der Waals surface area contributed by atoms with Crippen LogP contribution in [0.15, 0.2) is 0 Å². The SMILES string of the molecule is O=C(Cl)CC(=O)C(Cl)C(Cl)C(=O)O. The van der Waals surface area contributed by atoms with Crippen LogP contribution in [-0.4, -0.2) is 32.9 Å². The van der Waals surface area contributed by atoms with E-state index in [1.807, 2.05) is 0 Å². The lowest BCUT2D eigenvalue weighted by atomic mass is 10.1. The largest absolute Gasteiger partial charge is 0.480 e. The van der Waals surface area contributed by atoms with Gasteiger partial charge in [-0.2, -0.15) is 0 Å². The van der Waals surface area contributed by atoms with Crippen molar-refractivity contribution in [2.24, 2.45) is 0 Å². The molecule has 1 N–H and O–H groups in total. The summed E-state index contributed by atoms with van der Waals surface area (Å²) in [7, 11) is 0. The predicted molar refractivity (Wildman–Crippen MR) is 47.4 cm³/mol. The number of carboxylic acid groups (broad SMARTS) is 1. The quantitative estimate of drug-likeness (QED) is 0.447. The normalized spacial score (nSPS) is 14.7. The first-order valence-electron chi connectivity index (χ1n) is 3.08. The number of Topliss-reactive ketones (excluding diaryl/α,β-unsaturated/α-hetero) is 1. The van der Waals surface area contributed by atoms with Gasteiger partial charge in [-0.05, 0) is 11.6 Å². The smallest absolute Gasteiger partial charge is 0.323 e. The molecule has 74 valence electrons. The molecule has 13 heavy (non-hydrogen) atoms. The Labute approximate surface area is 88.8 Å². The summed E-state index contributed by atoms with van der Waals surface area (Å²) in [6, 6.07) is 0. The monoisotopic (exact) mass is 246 g/mol. The average molecular weight is 247 g/mol. The Morgan fingerprint density at radius 2 is 1.62 bits per heavy atom. The minimum Gasteiger partial charge on any atom is -0.480 e. The van der Waals surface area contributed by atoms with Crippen molar-refractivity contribution in [2.75, 3.05) is 0 Å². The molecule has 0 aromatic carbocycles. The predicted octanol–water partition coefficient (Wildman–Crippen LogP) is 1.01. The lowest BCUT2D eigenvalue weighted by Gasteiger charge is -2.08. The highest BCUT2D eigenvalue weighted by Crippen LogP contribution is 2.13. The number of carbonyl (C=O) groups is 3. The standard InChI is InChI=1S/C6H5Cl3O4/c7-3(11)1-2(10)4(8)5(9)6(12)13/h4-5H,1H2,(H,12,13). The van der Waals surface area contributed by atoms with Crippen LogP contribution < -0.4 is 0 Å². The Hall–Kier alpha value is -0.320. The van der Waals surface area contributed by atoms with Crippen molar-refractivity contribution >= 4 is 51.8 Å². The molecule has 0 rings (SSSR count). The third kappa shape index (κ3) is 4.45. The molecule has 2 unspecified atom stereocenters. The zero-order chi connectivity index (χ0) is 10.6. The van der Waals surface area contributed by atoms with Crippen LogP contribution in [0, 0.1) is 0 Å². The molecular formula is C6H5Cl3O4. The molecule has 0 amide bonds. The van der Waals surface area contributed by atoms with E-state index in [9.17, 15) is 14.4 Å². The molecule has 0 heterocycles. The second kappa shape index (κ2) is 5.42. The number of rotatable bonds is 5. The summed E-state index contributed by atoms with van der Waals surface area (Å²) in [6.07, 6.45) is -0.619. The van der Waals surface area contributed by atoms with E-state index in [-0.39, 0.29) is 0 Å². The molecule has 0 aromatic rings. The fourth-order valence-electron chi connectivity index (χ4n) is 0.523. The van der Waals surface area contributed by atoms with Crippen molar-refractivity contribution < 1.29 is 19.5 Å². The summed E-state index contributed by atoms with van der Waals surface area (Å²) in [4.78, 5) is 31.4. The summed E-state index contributed by atoms with van der Waals surface area (Å²) >= 11 is 15.5. The van der Waals surface area contributed by atoms with Gasteiger partial charge in [-0.1, -0.05) is 0 Å². The van der Waals surface area contributed by atoms with Crippen LogP contribution in [-0.2, 0) is 14.4 Å². The van der Waals surface area contributed by atoms with E-state index < -0.39 is 34.2 Å². The molecule has 0 bridgehead atoms. The maximum atomic E-state index is 10.9. The minimum atomic E-state index is -1.55. The topological polar surface area (TPSA) is 71.4 Å². The molecule has 0 aromatic heterocycles. The van der Waals surface area contributed by atoms with Crippen molar-refractivity contribution in [3.05, 3.63) is 0 Å². The molecule has 0 radical (unpaired) electrons. The lowest BCUT2D eigenvalue weighted by molar-refractivity contribution is -0.138. The highest BCUT2D eigenvalue weighted by Gasteiger charge is 2.30. The van der Waals surface area contributed by atoms with E-state index in [4.69, 9.17) is 39.9 Å². The molecular weight excluding hydrogens is 242 g/mol. The number of aliphatic carboxylic acids is 1. The van der Waals surface area contributed by atoms with Gasteiger partial charge in [0.05, 0.1) is 6.42 Å². The third-order valence-corrected chi connectivity index (χ3v) is 2.31. The van der Waals surface area contributed by atoms with Gasteiger partial charge < -0.3 is 5.11 Å². The summed E-state index contributed by atoms with van der Waals surface area (Å²) in [5, 5.41) is 4.46. The van der Waals surface area contributed by atoms with Crippen LogP contribution >= 0.6 is 34.8 Å². The summed E-state index contributed by atoms with van der Waals surface area (Å²) in [5.74, 6) is -2.22. The zero-order valence-electron chi connectivity index (χ0n) is 6.17. The fraction of sp³-hybridized carbons (Fsp3) is 0.500. The Kier molecular flexibility index (Phi) is 5.29. The number of hydrogen-bond donors (Lipinski definition) is 1. The van der Waals surface area contributed by atoms with Crippen molar-refractivity contribution in [2.45, 2.75) is 17.2 Å².